The van der Waals surface area contributed by atoms with Crippen LogP contribution in [0.1, 0.15) is 15.9 Å². The number of halogens is 1. The van der Waals surface area contributed by atoms with Gasteiger partial charge >= 0.3 is 5.97 Å². The Balaban J connectivity index is 2.08. The Labute approximate surface area is 115 Å². The topological polar surface area (TPSA) is 37.3 Å². The molecule has 0 unspecified atom stereocenters. The molecular weight excluding hydrogens is 268 g/mol. The molecule has 0 fully saturated rings. The average molecular weight is 279 g/mol. The lowest BCUT2D eigenvalue weighted by Crippen LogP contribution is -1.95. The molecule has 18 heavy (non-hydrogen) atoms. The maximum atomic E-state index is 10.8. The van der Waals surface area contributed by atoms with Gasteiger partial charge in [-0.25, -0.2) is 4.79 Å². The van der Waals surface area contributed by atoms with Gasteiger partial charge in [-0.3, -0.25) is 0 Å². The number of thioether (sulfide) groups is 1. The molecule has 2 rings (SSSR count). The molecule has 0 aliphatic heterocycles. The number of aromatic carboxylic acids is 1. The number of carboxylic acid groups (broad SMARTS) is 1. The number of rotatable bonds is 4. The normalized spacial score (nSPS) is 10.3. The van der Waals surface area contributed by atoms with Gasteiger partial charge in [-0.2, -0.15) is 0 Å². The van der Waals surface area contributed by atoms with Gasteiger partial charge in [0.15, 0.2) is 0 Å². The zero-order valence-corrected chi connectivity index (χ0v) is 11.0. The summed E-state index contributed by atoms with van der Waals surface area (Å²) in [5.41, 5.74) is 1.42. The van der Waals surface area contributed by atoms with Crippen molar-refractivity contribution in [3.05, 3.63) is 64.7 Å². The molecule has 2 nitrogen and oxygen atoms in total. The number of carboxylic acids is 1. The van der Waals surface area contributed by atoms with Crippen LogP contribution in [-0.2, 0) is 5.75 Å². The summed E-state index contributed by atoms with van der Waals surface area (Å²) in [5.74, 6) is -0.149. The first kappa shape index (κ1) is 13.0. The fourth-order valence-electron chi connectivity index (χ4n) is 1.49. The standard InChI is InChI=1S/C14H11ClO2S/c15-12-8-11(14(16)17)6-7-13(12)18-9-10-4-2-1-3-5-10/h1-8H,9H2,(H,16,17). The van der Waals surface area contributed by atoms with Crippen LogP contribution in [0, 0.1) is 0 Å². The van der Waals surface area contributed by atoms with Crippen LogP contribution in [0.25, 0.3) is 0 Å². The van der Waals surface area contributed by atoms with Crippen molar-refractivity contribution in [3.8, 4) is 0 Å². The van der Waals surface area contributed by atoms with Gasteiger partial charge in [0.1, 0.15) is 0 Å². The van der Waals surface area contributed by atoms with Crippen LogP contribution in [0.5, 0.6) is 0 Å². The zero-order chi connectivity index (χ0) is 13.0. The van der Waals surface area contributed by atoms with E-state index >= 15 is 0 Å². The van der Waals surface area contributed by atoms with Gasteiger partial charge in [0.05, 0.1) is 10.6 Å². The molecule has 0 bridgehead atoms. The first-order valence-corrected chi connectivity index (χ1v) is 6.73. The van der Waals surface area contributed by atoms with E-state index in [9.17, 15) is 4.79 Å². The third-order valence-electron chi connectivity index (χ3n) is 2.42. The largest absolute Gasteiger partial charge is 0.478 e. The number of hydrogen-bond acceptors (Lipinski definition) is 2. The van der Waals surface area contributed by atoms with E-state index in [0.29, 0.717) is 5.02 Å². The van der Waals surface area contributed by atoms with Crippen LogP contribution in [0.2, 0.25) is 5.02 Å². The number of hydrogen-bond donors (Lipinski definition) is 1. The molecular formula is C14H11ClO2S. The Morgan fingerprint density at radius 2 is 1.89 bits per heavy atom. The average Bonchev–Trinajstić information content (AvgIpc) is 2.38. The smallest absolute Gasteiger partial charge is 0.335 e. The van der Waals surface area contributed by atoms with Crippen molar-refractivity contribution in [1.29, 1.82) is 0 Å². The molecule has 0 atom stereocenters. The van der Waals surface area contributed by atoms with E-state index in [1.54, 1.807) is 23.9 Å². The van der Waals surface area contributed by atoms with Crippen molar-refractivity contribution in [2.24, 2.45) is 0 Å². The highest BCUT2D eigenvalue weighted by Gasteiger charge is 2.07. The molecule has 92 valence electrons. The Hall–Kier alpha value is -1.45. The van der Waals surface area contributed by atoms with Crippen LogP contribution in [0.4, 0.5) is 0 Å². The molecule has 4 heteroatoms. The third kappa shape index (κ3) is 3.28. The van der Waals surface area contributed by atoms with Gasteiger partial charge in [-0.15, -0.1) is 11.8 Å². The Bertz CT molecular complexity index is 555. The van der Waals surface area contributed by atoms with Crippen LogP contribution >= 0.6 is 23.4 Å². The van der Waals surface area contributed by atoms with Crippen molar-refractivity contribution in [1.82, 2.24) is 0 Å². The highest BCUT2D eigenvalue weighted by atomic mass is 35.5. The predicted octanol–water partition coefficient (Wildman–Crippen LogP) is 4.33. The van der Waals surface area contributed by atoms with Crippen molar-refractivity contribution >= 4 is 29.3 Å². The van der Waals surface area contributed by atoms with E-state index in [-0.39, 0.29) is 5.56 Å². The van der Waals surface area contributed by atoms with E-state index in [2.05, 4.69) is 0 Å². The van der Waals surface area contributed by atoms with Crippen LogP contribution in [-0.4, -0.2) is 11.1 Å². The van der Waals surface area contributed by atoms with Crippen LogP contribution in [0.3, 0.4) is 0 Å². The summed E-state index contributed by atoms with van der Waals surface area (Å²) in [6.07, 6.45) is 0. The lowest BCUT2D eigenvalue weighted by Gasteiger charge is -2.05. The molecule has 0 saturated heterocycles. The quantitative estimate of drug-likeness (QED) is 0.846. The van der Waals surface area contributed by atoms with E-state index in [1.807, 2.05) is 30.3 Å². The van der Waals surface area contributed by atoms with Gasteiger partial charge in [-0.1, -0.05) is 41.9 Å². The number of benzene rings is 2. The maximum Gasteiger partial charge on any atom is 0.335 e. The van der Waals surface area contributed by atoms with E-state index in [0.717, 1.165) is 10.6 Å². The lowest BCUT2D eigenvalue weighted by molar-refractivity contribution is 0.0697. The summed E-state index contributed by atoms with van der Waals surface area (Å²) in [6, 6.07) is 14.9. The van der Waals surface area contributed by atoms with E-state index in [1.165, 1.54) is 11.6 Å². The first-order chi connectivity index (χ1) is 8.66. The molecule has 0 spiro atoms. The Morgan fingerprint density at radius 1 is 1.17 bits per heavy atom. The third-order valence-corrected chi connectivity index (χ3v) is 3.99. The monoisotopic (exact) mass is 278 g/mol. The van der Waals surface area contributed by atoms with Gasteiger partial charge in [0, 0.05) is 10.6 Å². The van der Waals surface area contributed by atoms with Gasteiger partial charge in [0.25, 0.3) is 0 Å². The van der Waals surface area contributed by atoms with Crippen LogP contribution in [0.15, 0.2) is 53.4 Å². The fourth-order valence-corrected chi connectivity index (χ4v) is 2.71. The van der Waals surface area contributed by atoms with Gasteiger partial charge < -0.3 is 5.11 Å². The molecule has 0 aliphatic rings. The molecule has 1 N–H and O–H groups in total. The lowest BCUT2D eigenvalue weighted by atomic mass is 10.2. The summed E-state index contributed by atoms with van der Waals surface area (Å²) in [6.45, 7) is 0. The second-order valence-corrected chi connectivity index (χ2v) is 5.15. The van der Waals surface area contributed by atoms with Crippen molar-refractivity contribution in [2.75, 3.05) is 0 Å². The molecule has 0 aliphatic carbocycles. The van der Waals surface area contributed by atoms with Crippen molar-refractivity contribution < 1.29 is 9.90 Å². The first-order valence-electron chi connectivity index (χ1n) is 5.36. The summed E-state index contributed by atoms with van der Waals surface area (Å²) < 4.78 is 0. The molecule has 0 amide bonds. The second kappa shape index (κ2) is 5.94. The second-order valence-electron chi connectivity index (χ2n) is 3.72. The molecule has 0 radical (unpaired) electrons. The Kier molecular flexibility index (Phi) is 4.28. The summed E-state index contributed by atoms with van der Waals surface area (Å²) in [5, 5.41) is 9.32. The summed E-state index contributed by atoms with van der Waals surface area (Å²) in [4.78, 5) is 11.7. The van der Waals surface area contributed by atoms with Crippen molar-refractivity contribution in [3.63, 3.8) is 0 Å². The minimum absolute atomic E-state index is 0.212. The molecule has 0 saturated carbocycles. The summed E-state index contributed by atoms with van der Waals surface area (Å²) in [7, 11) is 0. The fraction of sp³-hybridized carbons (Fsp3) is 0.0714. The van der Waals surface area contributed by atoms with E-state index in [4.69, 9.17) is 16.7 Å². The van der Waals surface area contributed by atoms with Crippen LogP contribution < -0.4 is 0 Å². The minimum atomic E-state index is -0.962. The van der Waals surface area contributed by atoms with Gasteiger partial charge in [0.2, 0.25) is 0 Å². The highest BCUT2D eigenvalue weighted by molar-refractivity contribution is 7.98. The minimum Gasteiger partial charge on any atom is -0.478 e. The van der Waals surface area contributed by atoms with E-state index < -0.39 is 5.97 Å². The molecule has 2 aromatic carbocycles. The summed E-state index contributed by atoms with van der Waals surface area (Å²) >= 11 is 7.65. The SMILES string of the molecule is O=C(O)c1ccc(SCc2ccccc2)c(Cl)c1. The zero-order valence-electron chi connectivity index (χ0n) is 9.47. The molecule has 0 heterocycles. The maximum absolute atomic E-state index is 10.8. The molecule has 2 aromatic rings. The highest BCUT2D eigenvalue weighted by Crippen LogP contribution is 2.30. The predicted molar refractivity (Wildman–Crippen MR) is 74.4 cm³/mol. The number of carbonyl (C=O) groups is 1. The Morgan fingerprint density at radius 3 is 2.50 bits per heavy atom. The van der Waals surface area contributed by atoms with Gasteiger partial charge in [-0.05, 0) is 23.8 Å². The molecule has 0 aromatic heterocycles. The van der Waals surface area contributed by atoms with Crippen molar-refractivity contribution in [2.45, 2.75) is 10.6 Å².